The lowest BCUT2D eigenvalue weighted by Crippen LogP contribution is -2.35. The Kier molecular flexibility index (Phi) is 4.52. The summed E-state index contributed by atoms with van der Waals surface area (Å²) in [5.41, 5.74) is 5.69. The normalized spacial score (nSPS) is 27.8. The first-order valence-corrected chi connectivity index (χ1v) is 11.4. The number of carbonyl (C=O) groups excluding carboxylic acids is 1. The van der Waals surface area contributed by atoms with Gasteiger partial charge in [-0.1, -0.05) is 36.4 Å². The zero-order valence-electron chi connectivity index (χ0n) is 17.5. The second-order valence-corrected chi connectivity index (χ2v) is 9.32. The Morgan fingerprint density at radius 2 is 1.90 bits per heavy atom. The number of aromatic nitrogens is 1. The number of amides is 1. The minimum atomic E-state index is -0.0171. The number of carbonyl (C=O) groups is 1. The van der Waals surface area contributed by atoms with Crippen LogP contribution in [-0.2, 0) is 6.54 Å². The lowest BCUT2D eigenvalue weighted by Gasteiger charge is -2.43. The van der Waals surface area contributed by atoms with Crippen LogP contribution < -0.4 is 10.6 Å². The van der Waals surface area contributed by atoms with Gasteiger partial charge in [0.15, 0.2) is 0 Å². The number of fused-ring (bicyclic) bond motifs is 7. The summed E-state index contributed by atoms with van der Waals surface area (Å²) in [6.07, 6.45) is 7.54. The Morgan fingerprint density at radius 3 is 2.74 bits per heavy atom. The summed E-state index contributed by atoms with van der Waals surface area (Å²) in [4.78, 5) is 17.0. The Balaban J connectivity index is 1.30. The average Bonchev–Trinajstić information content (AvgIpc) is 3.46. The van der Waals surface area contributed by atoms with Gasteiger partial charge in [-0.25, -0.2) is 0 Å². The van der Waals surface area contributed by atoms with Crippen molar-refractivity contribution in [3.05, 3.63) is 95.3 Å². The molecule has 156 valence electrons. The molecule has 2 saturated carbocycles. The second kappa shape index (κ2) is 7.52. The SMILES string of the molecule is O=C(NCc1cccnc1)c1ccc2c(c1)[C@H]1[C@@H]3CC[C@@H](C3)[C@H]1[C@H](c1ccccc1)N2. The first-order chi connectivity index (χ1) is 15.3. The highest BCUT2D eigenvalue weighted by Gasteiger charge is 2.53. The van der Waals surface area contributed by atoms with Crippen molar-refractivity contribution in [2.24, 2.45) is 17.8 Å². The number of pyridine rings is 1. The molecule has 2 fully saturated rings. The van der Waals surface area contributed by atoms with Crippen LogP contribution in [0.2, 0.25) is 0 Å². The van der Waals surface area contributed by atoms with E-state index < -0.39 is 0 Å². The molecule has 0 spiro atoms. The summed E-state index contributed by atoms with van der Waals surface area (Å²) in [6, 6.07) is 21.4. The third-order valence-corrected chi connectivity index (χ3v) is 7.68. The van der Waals surface area contributed by atoms with E-state index in [1.807, 2.05) is 18.2 Å². The van der Waals surface area contributed by atoms with E-state index in [1.165, 1.54) is 36.1 Å². The quantitative estimate of drug-likeness (QED) is 0.614. The molecule has 0 unspecified atom stereocenters. The average molecular weight is 410 g/mol. The van der Waals surface area contributed by atoms with Crippen LogP contribution in [-0.4, -0.2) is 10.9 Å². The minimum Gasteiger partial charge on any atom is -0.378 e. The van der Waals surface area contributed by atoms with Gasteiger partial charge in [0.25, 0.3) is 5.91 Å². The molecule has 3 aromatic rings. The fourth-order valence-corrected chi connectivity index (χ4v) is 6.40. The van der Waals surface area contributed by atoms with Gasteiger partial charge >= 0.3 is 0 Å². The number of hydrogen-bond donors (Lipinski definition) is 2. The van der Waals surface area contributed by atoms with Crippen molar-refractivity contribution in [3.63, 3.8) is 0 Å². The van der Waals surface area contributed by atoms with E-state index in [-0.39, 0.29) is 5.91 Å². The van der Waals surface area contributed by atoms with Crippen molar-refractivity contribution in [1.29, 1.82) is 0 Å². The smallest absolute Gasteiger partial charge is 0.251 e. The number of benzene rings is 2. The number of hydrogen-bond acceptors (Lipinski definition) is 3. The highest BCUT2D eigenvalue weighted by molar-refractivity contribution is 5.95. The van der Waals surface area contributed by atoms with Crippen LogP contribution in [0.1, 0.15) is 58.3 Å². The molecule has 1 aromatic heterocycles. The van der Waals surface area contributed by atoms with E-state index in [9.17, 15) is 4.79 Å². The van der Waals surface area contributed by atoms with Crippen LogP contribution in [0.4, 0.5) is 5.69 Å². The Labute approximate surface area is 183 Å². The van der Waals surface area contributed by atoms with Crippen LogP contribution in [0.15, 0.2) is 73.1 Å². The van der Waals surface area contributed by atoms with Crippen molar-refractivity contribution in [3.8, 4) is 0 Å². The van der Waals surface area contributed by atoms with Gasteiger partial charge in [0.2, 0.25) is 0 Å². The molecule has 3 aliphatic rings. The number of anilines is 1. The predicted octanol–water partition coefficient (Wildman–Crippen LogP) is 5.31. The van der Waals surface area contributed by atoms with Crippen LogP contribution in [0.25, 0.3) is 0 Å². The maximum atomic E-state index is 12.9. The molecule has 2 aliphatic carbocycles. The van der Waals surface area contributed by atoms with Gasteiger partial charge < -0.3 is 10.6 Å². The summed E-state index contributed by atoms with van der Waals surface area (Å²) in [7, 11) is 0. The van der Waals surface area contributed by atoms with Gasteiger partial charge in [-0.3, -0.25) is 9.78 Å². The molecule has 1 amide bonds. The molecule has 4 heteroatoms. The van der Waals surface area contributed by atoms with Crippen molar-refractivity contribution < 1.29 is 4.79 Å². The van der Waals surface area contributed by atoms with E-state index in [2.05, 4.69) is 58.1 Å². The summed E-state index contributed by atoms with van der Waals surface area (Å²) in [6.45, 7) is 0.495. The monoisotopic (exact) mass is 409 g/mol. The van der Waals surface area contributed by atoms with Gasteiger partial charge in [-0.2, -0.15) is 0 Å². The largest absolute Gasteiger partial charge is 0.378 e. The van der Waals surface area contributed by atoms with Gasteiger partial charge in [-0.15, -0.1) is 0 Å². The summed E-state index contributed by atoms with van der Waals surface area (Å²) in [5.74, 6) is 2.67. The summed E-state index contributed by atoms with van der Waals surface area (Å²) in [5, 5.41) is 6.90. The number of nitrogens with one attached hydrogen (secondary N) is 2. The molecule has 6 rings (SSSR count). The number of rotatable bonds is 4. The third kappa shape index (κ3) is 3.21. The predicted molar refractivity (Wildman–Crippen MR) is 122 cm³/mol. The van der Waals surface area contributed by atoms with Gasteiger partial charge in [0, 0.05) is 30.2 Å². The van der Waals surface area contributed by atoms with E-state index in [4.69, 9.17) is 0 Å². The molecular weight excluding hydrogens is 382 g/mol. The van der Waals surface area contributed by atoms with Gasteiger partial charge in [0.05, 0.1) is 6.04 Å². The first-order valence-electron chi connectivity index (χ1n) is 11.4. The molecule has 2 N–H and O–H groups in total. The van der Waals surface area contributed by atoms with Crippen LogP contribution in [0.3, 0.4) is 0 Å². The van der Waals surface area contributed by atoms with Crippen molar-refractivity contribution in [1.82, 2.24) is 10.3 Å². The van der Waals surface area contributed by atoms with E-state index in [0.29, 0.717) is 24.4 Å². The molecule has 2 aromatic carbocycles. The molecule has 0 saturated heterocycles. The fraction of sp³-hybridized carbons (Fsp3) is 0.333. The third-order valence-electron chi connectivity index (χ3n) is 7.68. The number of nitrogens with zero attached hydrogens (tertiary/aromatic N) is 1. The van der Waals surface area contributed by atoms with Crippen molar-refractivity contribution in [2.45, 2.75) is 37.8 Å². The molecular formula is C27H27N3O. The fourth-order valence-electron chi connectivity index (χ4n) is 6.40. The minimum absolute atomic E-state index is 0.0171. The van der Waals surface area contributed by atoms with E-state index in [0.717, 1.165) is 23.0 Å². The van der Waals surface area contributed by atoms with E-state index in [1.54, 1.807) is 12.4 Å². The maximum Gasteiger partial charge on any atom is 0.251 e. The van der Waals surface area contributed by atoms with Crippen LogP contribution >= 0.6 is 0 Å². The van der Waals surface area contributed by atoms with Crippen molar-refractivity contribution >= 4 is 11.6 Å². The summed E-state index contributed by atoms with van der Waals surface area (Å²) >= 11 is 0. The molecule has 2 heterocycles. The van der Waals surface area contributed by atoms with Crippen molar-refractivity contribution in [2.75, 3.05) is 5.32 Å². The molecule has 31 heavy (non-hydrogen) atoms. The van der Waals surface area contributed by atoms with Crippen LogP contribution in [0.5, 0.6) is 0 Å². The maximum absolute atomic E-state index is 12.9. The summed E-state index contributed by atoms with van der Waals surface area (Å²) < 4.78 is 0. The Morgan fingerprint density at radius 1 is 1.03 bits per heavy atom. The highest BCUT2D eigenvalue weighted by atomic mass is 16.1. The van der Waals surface area contributed by atoms with Gasteiger partial charge in [0.1, 0.15) is 0 Å². The van der Waals surface area contributed by atoms with Gasteiger partial charge in [-0.05, 0) is 83.9 Å². The van der Waals surface area contributed by atoms with Crippen LogP contribution in [0, 0.1) is 17.8 Å². The lowest BCUT2D eigenvalue weighted by atomic mass is 9.68. The molecule has 4 nitrogen and oxygen atoms in total. The zero-order valence-corrected chi connectivity index (χ0v) is 17.5. The molecule has 2 bridgehead atoms. The molecule has 5 atom stereocenters. The van der Waals surface area contributed by atoms with E-state index >= 15 is 0 Å². The standard InChI is InChI=1S/C27H27N3O/c31-27(29-16-17-5-4-12-28-15-17)21-10-11-23-22(14-21)24-19-8-9-20(13-19)25(24)26(30-23)18-6-2-1-3-7-18/h1-7,10-12,14-15,19-20,24-26,30H,8-9,13,16H2,(H,29,31)/t19-,20+,24-,25-,26+/m1/s1. The second-order valence-electron chi connectivity index (χ2n) is 9.32. The zero-order chi connectivity index (χ0) is 20.8. The highest BCUT2D eigenvalue weighted by Crippen LogP contribution is 2.63. The topological polar surface area (TPSA) is 54.0 Å². The Hall–Kier alpha value is -3.14. The lowest BCUT2D eigenvalue weighted by molar-refractivity contribution is 0.0950. The Bertz CT molecular complexity index is 1100. The first kappa shape index (κ1) is 18.6. The molecule has 1 aliphatic heterocycles. The molecule has 0 radical (unpaired) electrons.